The minimum Gasteiger partial charge on any atom is -0.462 e. The van der Waals surface area contributed by atoms with E-state index in [1.54, 1.807) is 31.2 Å². The number of benzene rings is 1. The van der Waals surface area contributed by atoms with Gasteiger partial charge < -0.3 is 14.2 Å². The molecule has 1 amide bonds. The van der Waals surface area contributed by atoms with Gasteiger partial charge in [0, 0.05) is 19.6 Å². The number of amides is 1. The molecular formula is C18H25NO5. The molecule has 1 saturated heterocycles. The van der Waals surface area contributed by atoms with Gasteiger partial charge in [-0.05, 0) is 31.9 Å². The summed E-state index contributed by atoms with van der Waals surface area (Å²) in [6.07, 6.45) is 2.18. The van der Waals surface area contributed by atoms with Gasteiger partial charge in [-0.1, -0.05) is 31.5 Å². The molecule has 1 aromatic rings. The molecule has 6 heteroatoms. The van der Waals surface area contributed by atoms with Gasteiger partial charge in [0.2, 0.25) is 5.72 Å². The molecule has 0 bridgehead atoms. The number of carbonyl (C=O) groups is 2. The third-order valence-electron chi connectivity index (χ3n) is 3.94. The number of para-hydroxylation sites is 1. The van der Waals surface area contributed by atoms with Crippen molar-refractivity contribution in [3.05, 3.63) is 30.3 Å². The van der Waals surface area contributed by atoms with Crippen LogP contribution in [0.3, 0.4) is 0 Å². The molecule has 1 aliphatic rings. The van der Waals surface area contributed by atoms with Crippen molar-refractivity contribution < 1.29 is 23.8 Å². The van der Waals surface area contributed by atoms with E-state index in [0.29, 0.717) is 38.3 Å². The van der Waals surface area contributed by atoms with Gasteiger partial charge in [0.05, 0.1) is 6.61 Å². The second kappa shape index (κ2) is 8.68. The minimum atomic E-state index is -1.38. The van der Waals surface area contributed by atoms with Crippen LogP contribution in [-0.4, -0.2) is 42.4 Å². The number of ether oxygens (including phenoxy) is 3. The van der Waals surface area contributed by atoms with E-state index in [0.717, 1.165) is 12.8 Å². The van der Waals surface area contributed by atoms with Crippen molar-refractivity contribution in [2.45, 2.75) is 45.3 Å². The maximum atomic E-state index is 12.6. The molecule has 1 aliphatic heterocycles. The van der Waals surface area contributed by atoms with E-state index in [1.165, 1.54) is 4.90 Å². The molecular weight excluding hydrogens is 310 g/mol. The first-order valence-corrected chi connectivity index (χ1v) is 8.49. The fourth-order valence-electron chi connectivity index (χ4n) is 2.76. The molecule has 0 radical (unpaired) electrons. The third kappa shape index (κ3) is 4.06. The van der Waals surface area contributed by atoms with Crippen molar-refractivity contribution in [2.24, 2.45) is 0 Å². The van der Waals surface area contributed by atoms with Crippen LogP contribution in [0.1, 0.15) is 39.5 Å². The topological polar surface area (TPSA) is 65.1 Å². The van der Waals surface area contributed by atoms with Crippen LogP contribution in [0.25, 0.3) is 0 Å². The molecule has 0 unspecified atom stereocenters. The Bertz CT molecular complexity index is 548. The van der Waals surface area contributed by atoms with Crippen molar-refractivity contribution in [1.82, 2.24) is 4.90 Å². The molecule has 0 spiro atoms. The number of hydrogen-bond donors (Lipinski definition) is 0. The Hall–Kier alpha value is -2.08. The predicted molar refractivity (Wildman–Crippen MR) is 88.6 cm³/mol. The molecule has 1 fully saturated rings. The highest BCUT2D eigenvalue weighted by Crippen LogP contribution is 2.33. The summed E-state index contributed by atoms with van der Waals surface area (Å²) in [5.41, 5.74) is -1.38. The van der Waals surface area contributed by atoms with E-state index in [1.807, 2.05) is 13.0 Å². The maximum absolute atomic E-state index is 12.6. The second-order valence-electron chi connectivity index (χ2n) is 5.64. The normalized spacial score (nSPS) is 20.0. The SMILES string of the molecule is CCCCOC(=O)[C@]1(OCC)CCCN1C(=O)Oc1ccccc1. The van der Waals surface area contributed by atoms with Gasteiger partial charge in [0.25, 0.3) is 0 Å². The highest BCUT2D eigenvalue weighted by Gasteiger charge is 2.53. The Morgan fingerprint density at radius 1 is 1.21 bits per heavy atom. The molecule has 1 atom stereocenters. The lowest BCUT2D eigenvalue weighted by Gasteiger charge is -2.34. The monoisotopic (exact) mass is 335 g/mol. The van der Waals surface area contributed by atoms with E-state index in [-0.39, 0.29) is 0 Å². The summed E-state index contributed by atoms with van der Waals surface area (Å²) >= 11 is 0. The molecule has 0 aliphatic carbocycles. The molecule has 0 N–H and O–H groups in total. The zero-order valence-electron chi connectivity index (χ0n) is 14.3. The average Bonchev–Trinajstić information content (AvgIpc) is 3.01. The number of nitrogens with zero attached hydrogens (tertiary/aromatic N) is 1. The second-order valence-corrected chi connectivity index (χ2v) is 5.64. The van der Waals surface area contributed by atoms with Gasteiger partial charge in [-0.2, -0.15) is 0 Å². The van der Waals surface area contributed by atoms with Crippen molar-refractivity contribution >= 4 is 12.1 Å². The van der Waals surface area contributed by atoms with Crippen LogP contribution >= 0.6 is 0 Å². The van der Waals surface area contributed by atoms with Gasteiger partial charge in [-0.15, -0.1) is 0 Å². The number of rotatable bonds is 7. The molecule has 24 heavy (non-hydrogen) atoms. The summed E-state index contributed by atoms with van der Waals surface area (Å²) in [6, 6.07) is 8.78. The number of esters is 1. The first-order valence-electron chi connectivity index (χ1n) is 8.49. The first kappa shape index (κ1) is 18.3. The summed E-state index contributed by atoms with van der Waals surface area (Å²) < 4.78 is 16.4. The Morgan fingerprint density at radius 3 is 2.62 bits per heavy atom. The summed E-state index contributed by atoms with van der Waals surface area (Å²) in [5.74, 6) is -0.0838. The molecule has 1 aromatic carbocycles. The molecule has 2 rings (SSSR count). The lowest BCUT2D eigenvalue weighted by Crippen LogP contribution is -2.56. The van der Waals surface area contributed by atoms with Crippen LogP contribution in [0.5, 0.6) is 5.75 Å². The minimum absolute atomic E-state index is 0.304. The molecule has 0 saturated carbocycles. The number of likely N-dealkylation sites (tertiary alicyclic amines) is 1. The number of unbranched alkanes of at least 4 members (excludes halogenated alkanes) is 1. The summed E-state index contributed by atoms with van der Waals surface area (Å²) in [7, 11) is 0. The van der Waals surface area contributed by atoms with Crippen molar-refractivity contribution in [2.75, 3.05) is 19.8 Å². The zero-order valence-corrected chi connectivity index (χ0v) is 14.3. The zero-order chi connectivity index (χ0) is 17.4. The Labute approximate surface area is 142 Å². The fraction of sp³-hybridized carbons (Fsp3) is 0.556. The van der Waals surface area contributed by atoms with Gasteiger partial charge >= 0.3 is 12.1 Å². The van der Waals surface area contributed by atoms with Gasteiger partial charge in [0.15, 0.2) is 0 Å². The molecule has 1 heterocycles. The van der Waals surface area contributed by atoms with E-state index in [4.69, 9.17) is 14.2 Å². The number of carbonyl (C=O) groups excluding carboxylic acids is 2. The Kier molecular flexibility index (Phi) is 6.61. The van der Waals surface area contributed by atoms with Crippen LogP contribution in [0, 0.1) is 0 Å². The highest BCUT2D eigenvalue weighted by molar-refractivity contribution is 5.85. The van der Waals surface area contributed by atoms with Gasteiger partial charge in [0.1, 0.15) is 5.75 Å². The lowest BCUT2D eigenvalue weighted by atomic mass is 10.1. The summed E-state index contributed by atoms with van der Waals surface area (Å²) in [6.45, 7) is 4.84. The molecule has 0 aromatic heterocycles. The molecule has 6 nitrogen and oxygen atoms in total. The first-order chi connectivity index (χ1) is 11.6. The Balaban J connectivity index is 2.13. The molecule has 132 valence electrons. The highest BCUT2D eigenvalue weighted by atomic mass is 16.6. The fourth-order valence-corrected chi connectivity index (χ4v) is 2.76. The standard InChI is InChI=1S/C18H25NO5/c1-3-5-14-22-16(20)18(23-4-2)12-9-13-19(18)17(21)24-15-10-7-6-8-11-15/h6-8,10-11H,3-5,9,12-14H2,1-2H3/t18-/m1/s1. The van der Waals surface area contributed by atoms with Gasteiger partial charge in [-0.3, -0.25) is 4.90 Å². The van der Waals surface area contributed by atoms with Crippen molar-refractivity contribution in [3.8, 4) is 5.75 Å². The van der Waals surface area contributed by atoms with Crippen LogP contribution in [0.15, 0.2) is 30.3 Å². The smallest absolute Gasteiger partial charge is 0.417 e. The predicted octanol–water partition coefficient (Wildman–Crippen LogP) is 3.36. The van der Waals surface area contributed by atoms with Crippen LogP contribution < -0.4 is 4.74 Å². The quantitative estimate of drug-likeness (QED) is 0.565. The average molecular weight is 335 g/mol. The van der Waals surface area contributed by atoms with E-state index in [9.17, 15) is 9.59 Å². The largest absolute Gasteiger partial charge is 0.462 e. The third-order valence-corrected chi connectivity index (χ3v) is 3.94. The van der Waals surface area contributed by atoms with E-state index >= 15 is 0 Å². The van der Waals surface area contributed by atoms with Gasteiger partial charge in [-0.25, -0.2) is 9.59 Å². The van der Waals surface area contributed by atoms with E-state index < -0.39 is 17.8 Å². The number of hydrogen-bond acceptors (Lipinski definition) is 5. The van der Waals surface area contributed by atoms with Crippen LogP contribution in [-0.2, 0) is 14.3 Å². The van der Waals surface area contributed by atoms with E-state index in [2.05, 4.69) is 0 Å². The maximum Gasteiger partial charge on any atom is 0.417 e. The van der Waals surface area contributed by atoms with Crippen LogP contribution in [0.4, 0.5) is 4.79 Å². The lowest BCUT2D eigenvalue weighted by molar-refractivity contribution is -0.190. The summed E-state index contributed by atoms with van der Waals surface area (Å²) in [4.78, 5) is 26.5. The van der Waals surface area contributed by atoms with Crippen molar-refractivity contribution in [1.29, 1.82) is 0 Å². The van der Waals surface area contributed by atoms with Crippen LogP contribution in [0.2, 0.25) is 0 Å². The van der Waals surface area contributed by atoms with Crippen molar-refractivity contribution in [3.63, 3.8) is 0 Å². The Morgan fingerprint density at radius 2 is 1.96 bits per heavy atom. The summed E-state index contributed by atoms with van der Waals surface area (Å²) in [5, 5.41) is 0.